The number of rotatable bonds is 4. The smallest absolute Gasteiger partial charge is 0.0285 e. The average molecular weight is 649 g/mol. The molecule has 0 heterocycles. The molecule has 0 spiro atoms. The Kier molecular flexibility index (Phi) is 6.96. The van der Waals surface area contributed by atoms with Gasteiger partial charge in [-0.3, -0.25) is 0 Å². The summed E-state index contributed by atoms with van der Waals surface area (Å²) < 4.78 is 0. The van der Waals surface area contributed by atoms with Gasteiger partial charge in [-0.25, -0.2) is 0 Å². The Bertz CT molecular complexity index is 2740. The van der Waals surface area contributed by atoms with Crippen LogP contribution in [0.1, 0.15) is 16.7 Å². The van der Waals surface area contributed by atoms with Crippen LogP contribution in [0.4, 0.5) is 0 Å². The van der Waals surface area contributed by atoms with E-state index >= 15 is 0 Å². The van der Waals surface area contributed by atoms with Crippen LogP contribution >= 0.6 is 0 Å². The third-order valence-electron chi connectivity index (χ3n) is 11.1. The van der Waals surface area contributed by atoms with E-state index in [9.17, 15) is 0 Å². The predicted molar refractivity (Wildman–Crippen MR) is 218 cm³/mol. The SMILES string of the molecule is Cc1ccc2cc(-c3ccc(C4=C5C=CC=CC5C(c5ccccc5)=C5C=CC=CC54)c4ccc(-c5ccc6ccccc6c5)cc34)ccc2c1. The summed E-state index contributed by atoms with van der Waals surface area (Å²) in [7, 11) is 0. The molecule has 0 aromatic heterocycles. The minimum atomic E-state index is 0.158. The molecular formula is C51H36. The van der Waals surface area contributed by atoms with Crippen LogP contribution in [0.3, 0.4) is 0 Å². The molecule has 240 valence electrons. The average Bonchev–Trinajstić information content (AvgIpc) is 3.19. The van der Waals surface area contributed by atoms with Gasteiger partial charge in [0.05, 0.1) is 0 Å². The van der Waals surface area contributed by atoms with E-state index in [2.05, 4.69) is 195 Å². The highest BCUT2D eigenvalue weighted by Crippen LogP contribution is 2.52. The van der Waals surface area contributed by atoms with Crippen molar-refractivity contribution in [2.45, 2.75) is 6.92 Å². The van der Waals surface area contributed by atoms with Crippen LogP contribution in [0.15, 0.2) is 199 Å². The molecule has 0 saturated heterocycles. The fraction of sp³-hybridized carbons (Fsp3) is 0.0588. The Morgan fingerprint density at radius 1 is 0.373 bits per heavy atom. The third-order valence-corrected chi connectivity index (χ3v) is 11.1. The van der Waals surface area contributed by atoms with E-state index in [0.717, 1.165) is 0 Å². The lowest BCUT2D eigenvalue weighted by molar-refractivity contribution is 0.895. The van der Waals surface area contributed by atoms with Crippen molar-refractivity contribution < 1.29 is 0 Å². The van der Waals surface area contributed by atoms with Gasteiger partial charge in [-0.05, 0) is 113 Å². The molecule has 0 saturated carbocycles. The third kappa shape index (κ3) is 4.98. The molecule has 2 unspecified atom stereocenters. The van der Waals surface area contributed by atoms with Gasteiger partial charge in [-0.15, -0.1) is 0 Å². The first-order chi connectivity index (χ1) is 25.2. The minimum absolute atomic E-state index is 0.158. The minimum Gasteiger partial charge on any atom is -0.0726 e. The Morgan fingerprint density at radius 2 is 0.961 bits per heavy atom. The summed E-state index contributed by atoms with van der Waals surface area (Å²) in [5.74, 6) is 0.344. The van der Waals surface area contributed by atoms with Crippen LogP contribution in [0.25, 0.3) is 65.7 Å². The van der Waals surface area contributed by atoms with Crippen molar-refractivity contribution in [2.75, 3.05) is 0 Å². The quantitative estimate of drug-likeness (QED) is 0.178. The highest BCUT2D eigenvalue weighted by atomic mass is 14.4. The van der Waals surface area contributed by atoms with Crippen molar-refractivity contribution in [1.29, 1.82) is 0 Å². The number of allylic oxidation sites excluding steroid dienone is 12. The molecule has 7 aromatic rings. The topological polar surface area (TPSA) is 0 Å². The lowest BCUT2D eigenvalue weighted by atomic mass is 9.66. The molecule has 0 N–H and O–H groups in total. The first-order valence-electron chi connectivity index (χ1n) is 18.0. The van der Waals surface area contributed by atoms with Crippen LogP contribution in [0.5, 0.6) is 0 Å². The predicted octanol–water partition coefficient (Wildman–Crippen LogP) is 13.5. The van der Waals surface area contributed by atoms with Gasteiger partial charge in [0.15, 0.2) is 0 Å². The Balaban J connectivity index is 1.22. The first-order valence-corrected chi connectivity index (χ1v) is 18.0. The fourth-order valence-electron chi connectivity index (χ4n) is 8.66. The number of fused-ring (bicyclic) bond motifs is 5. The molecule has 2 atom stereocenters. The standard InChI is InChI=1S/C51H36/c1-33-19-20-38-31-41(24-23-37(38)29-33)42-27-28-48(43-26-25-40(32-49(42)43)39-22-21-34-11-5-6-14-36(34)30-39)51-46-17-9-7-15-44(46)50(35-12-3-2-4-13-35)45-16-8-10-18-47(45)51/h2-32,44,47H,1H3. The summed E-state index contributed by atoms with van der Waals surface area (Å²) in [6.45, 7) is 2.16. The van der Waals surface area contributed by atoms with Gasteiger partial charge in [0.2, 0.25) is 0 Å². The van der Waals surface area contributed by atoms with Gasteiger partial charge in [0, 0.05) is 11.8 Å². The molecule has 0 aliphatic heterocycles. The van der Waals surface area contributed by atoms with Gasteiger partial charge >= 0.3 is 0 Å². The summed E-state index contributed by atoms with van der Waals surface area (Å²) in [5, 5.41) is 7.63. The lowest BCUT2D eigenvalue weighted by Crippen LogP contribution is -2.21. The van der Waals surface area contributed by atoms with Crippen molar-refractivity contribution in [3.63, 3.8) is 0 Å². The summed E-state index contributed by atoms with van der Waals surface area (Å²) in [4.78, 5) is 0. The number of hydrogen-bond acceptors (Lipinski definition) is 0. The summed E-state index contributed by atoms with van der Waals surface area (Å²) in [5.41, 5.74) is 14.4. The molecule has 3 aliphatic carbocycles. The highest BCUT2D eigenvalue weighted by molar-refractivity contribution is 6.08. The van der Waals surface area contributed by atoms with Crippen LogP contribution in [0, 0.1) is 18.8 Å². The maximum absolute atomic E-state index is 2.43. The van der Waals surface area contributed by atoms with Gasteiger partial charge in [-0.1, -0.05) is 175 Å². The zero-order valence-electron chi connectivity index (χ0n) is 28.6. The first kappa shape index (κ1) is 29.7. The molecule has 0 amide bonds. The van der Waals surface area contributed by atoms with Crippen molar-refractivity contribution in [3.8, 4) is 22.3 Å². The lowest BCUT2D eigenvalue weighted by Gasteiger charge is -2.37. The normalized spacial score (nSPS) is 17.8. The molecule has 7 aromatic carbocycles. The molecular weight excluding hydrogens is 613 g/mol. The second kappa shape index (κ2) is 12.0. The number of aryl methyl sites for hydroxylation is 1. The molecule has 0 heteroatoms. The van der Waals surface area contributed by atoms with Crippen LogP contribution in [-0.2, 0) is 0 Å². The molecule has 10 rings (SSSR count). The van der Waals surface area contributed by atoms with Gasteiger partial charge in [0.1, 0.15) is 0 Å². The van der Waals surface area contributed by atoms with E-state index < -0.39 is 0 Å². The monoisotopic (exact) mass is 648 g/mol. The summed E-state index contributed by atoms with van der Waals surface area (Å²) >= 11 is 0. The molecule has 0 radical (unpaired) electrons. The van der Waals surface area contributed by atoms with Crippen molar-refractivity contribution >= 4 is 43.5 Å². The second-order valence-electron chi connectivity index (χ2n) is 14.1. The largest absolute Gasteiger partial charge is 0.0726 e. The summed E-state index contributed by atoms with van der Waals surface area (Å²) in [6, 6.07) is 52.0. The van der Waals surface area contributed by atoms with Crippen molar-refractivity contribution in [1.82, 2.24) is 0 Å². The van der Waals surface area contributed by atoms with Gasteiger partial charge in [-0.2, -0.15) is 0 Å². The van der Waals surface area contributed by atoms with E-state index in [1.807, 2.05) is 0 Å². The Morgan fingerprint density at radius 3 is 1.80 bits per heavy atom. The van der Waals surface area contributed by atoms with Gasteiger partial charge < -0.3 is 0 Å². The summed E-state index contributed by atoms with van der Waals surface area (Å²) in [6.07, 6.45) is 18.4. The molecule has 0 bridgehead atoms. The van der Waals surface area contributed by atoms with Crippen molar-refractivity contribution in [3.05, 3.63) is 216 Å². The van der Waals surface area contributed by atoms with E-state index in [0.29, 0.717) is 0 Å². The van der Waals surface area contributed by atoms with E-state index in [4.69, 9.17) is 0 Å². The van der Waals surface area contributed by atoms with E-state index in [1.54, 1.807) is 0 Å². The van der Waals surface area contributed by atoms with Gasteiger partial charge in [0.25, 0.3) is 0 Å². The van der Waals surface area contributed by atoms with Crippen LogP contribution in [0.2, 0.25) is 0 Å². The molecule has 3 aliphatic rings. The zero-order chi connectivity index (χ0) is 33.9. The van der Waals surface area contributed by atoms with Crippen LogP contribution < -0.4 is 0 Å². The maximum atomic E-state index is 2.43. The molecule has 0 nitrogen and oxygen atoms in total. The van der Waals surface area contributed by atoms with E-state index in [1.165, 1.54) is 93.6 Å². The second-order valence-corrected chi connectivity index (χ2v) is 14.1. The zero-order valence-corrected chi connectivity index (χ0v) is 28.6. The number of hydrogen-bond donors (Lipinski definition) is 0. The molecule has 51 heavy (non-hydrogen) atoms. The maximum Gasteiger partial charge on any atom is 0.0285 e. The highest BCUT2D eigenvalue weighted by Gasteiger charge is 2.35. The van der Waals surface area contributed by atoms with E-state index in [-0.39, 0.29) is 11.8 Å². The van der Waals surface area contributed by atoms with Crippen LogP contribution in [-0.4, -0.2) is 0 Å². The van der Waals surface area contributed by atoms with Crippen molar-refractivity contribution in [2.24, 2.45) is 11.8 Å². The molecule has 0 fully saturated rings. The Hall–Kier alpha value is -6.24. The fourth-order valence-corrected chi connectivity index (χ4v) is 8.66. The Labute approximate surface area is 299 Å². The number of benzene rings is 7.